The van der Waals surface area contributed by atoms with E-state index in [1.54, 1.807) is 17.3 Å². The molecule has 2 rings (SSSR count). The zero-order chi connectivity index (χ0) is 12.3. The van der Waals surface area contributed by atoms with Gasteiger partial charge >= 0.3 is 0 Å². The lowest BCUT2D eigenvalue weighted by atomic mass is 10.0. The SMILES string of the molecule is CCN(C(=O)C(C)=C1CNC1)c1ccncc1. The first kappa shape index (κ1) is 11.8. The minimum atomic E-state index is 0.0928. The monoisotopic (exact) mass is 231 g/mol. The highest BCUT2D eigenvalue weighted by atomic mass is 16.2. The lowest BCUT2D eigenvalue weighted by Gasteiger charge is -2.26. The van der Waals surface area contributed by atoms with Crippen molar-refractivity contribution < 1.29 is 4.79 Å². The van der Waals surface area contributed by atoms with E-state index in [0.29, 0.717) is 6.54 Å². The summed E-state index contributed by atoms with van der Waals surface area (Å²) in [5.74, 6) is 0.0928. The smallest absolute Gasteiger partial charge is 0.253 e. The van der Waals surface area contributed by atoms with Crippen LogP contribution in [0.4, 0.5) is 5.69 Å². The van der Waals surface area contributed by atoms with Gasteiger partial charge in [0.15, 0.2) is 0 Å². The van der Waals surface area contributed by atoms with Crippen LogP contribution in [-0.2, 0) is 4.79 Å². The summed E-state index contributed by atoms with van der Waals surface area (Å²) in [5, 5.41) is 3.16. The van der Waals surface area contributed by atoms with E-state index in [4.69, 9.17) is 0 Å². The topological polar surface area (TPSA) is 45.2 Å². The molecule has 0 spiro atoms. The van der Waals surface area contributed by atoms with E-state index in [1.807, 2.05) is 26.0 Å². The van der Waals surface area contributed by atoms with Crippen molar-refractivity contribution >= 4 is 11.6 Å². The lowest BCUT2D eigenvalue weighted by molar-refractivity contribution is -0.115. The standard InChI is InChI=1S/C13H17N3O/c1-3-16(12-4-6-14-7-5-12)13(17)10(2)11-8-15-9-11/h4-7,15H,3,8-9H2,1-2H3. The van der Waals surface area contributed by atoms with Gasteiger partial charge in [-0.3, -0.25) is 9.78 Å². The number of amides is 1. The van der Waals surface area contributed by atoms with E-state index in [0.717, 1.165) is 24.4 Å². The van der Waals surface area contributed by atoms with Gasteiger partial charge in [0.05, 0.1) is 0 Å². The van der Waals surface area contributed by atoms with Gasteiger partial charge in [0.25, 0.3) is 5.91 Å². The Morgan fingerprint density at radius 3 is 2.53 bits per heavy atom. The van der Waals surface area contributed by atoms with Crippen LogP contribution in [0.3, 0.4) is 0 Å². The molecule has 4 heteroatoms. The predicted molar refractivity (Wildman–Crippen MR) is 67.8 cm³/mol. The highest BCUT2D eigenvalue weighted by Gasteiger charge is 2.21. The molecule has 1 aromatic rings. The number of carbonyl (C=O) groups is 1. The number of rotatable bonds is 3. The molecule has 1 saturated heterocycles. The third-order valence-corrected chi connectivity index (χ3v) is 3.06. The van der Waals surface area contributed by atoms with E-state index in [1.165, 1.54) is 5.57 Å². The summed E-state index contributed by atoms with van der Waals surface area (Å²) in [6.07, 6.45) is 3.41. The number of hydrogen-bond donors (Lipinski definition) is 1. The summed E-state index contributed by atoms with van der Waals surface area (Å²) in [7, 11) is 0. The van der Waals surface area contributed by atoms with Crippen LogP contribution in [-0.4, -0.2) is 30.5 Å². The molecule has 1 aromatic heterocycles. The van der Waals surface area contributed by atoms with Crippen molar-refractivity contribution in [2.45, 2.75) is 13.8 Å². The molecule has 1 aliphatic heterocycles. The van der Waals surface area contributed by atoms with E-state index in [-0.39, 0.29) is 5.91 Å². The minimum absolute atomic E-state index is 0.0928. The second-order valence-electron chi connectivity index (χ2n) is 4.09. The Kier molecular flexibility index (Phi) is 3.54. The number of aromatic nitrogens is 1. The fourth-order valence-electron chi connectivity index (χ4n) is 1.84. The number of pyridine rings is 1. The van der Waals surface area contributed by atoms with Gasteiger partial charge < -0.3 is 10.2 Å². The molecule has 0 saturated carbocycles. The first-order valence-electron chi connectivity index (χ1n) is 5.85. The van der Waals surface area contributed by atoms with Crippen molar-refractivity contribution in [2.75, 3.05) is 24.5 Å². The third kappa shape index (κ3) is 2.36. The van der Waals surface area contributed by atoms with Crippen molar-refractivity contribution in [3.8, 4) is 0 Å². The molecule has 0 bridgehead atoms. The maximum Gasteiger partial charge on any atom is 0.253 e. The van der Waals surface area contributed by atoms with Crippen molar-refractivity contribution in [1.29, 1.82) is 0 Å². The predicted octanol–water partition coefficient (Wildman–Crippen LogP) is 1.35. The minimum Gasteiger partial charge on any atom is -0.309 e. The van der Waals surface area contributed by atoms with Crippen LogP contribution in [0.15, 0.2) is 35.7 Å². The number of nitrogens with zero attached hydrogens (tertiary/aromatic N) is 2. The zero-order valence-corrected chi connectivity index (χ0v) is 10.2. The summed E-state index contributed by atoms with van der Waals surface area (Å²) >= 11 is 0. The van der Waals surface area contributed by atoms with Gasteiger partial charge in [0.2, 0.25) is 0 Å². The van der Waals surface area contributed by atoms with Gasteiger partial charge in [-0.25, -0.2) is 0 Å². The summed E-state index contributed by atoms with van der Waals surface area (Å²) < 4.78 is 0. The normalized spacial score (nSPS) is 14.1. The van der Waals surface area contributed by atoms with Crippen molar-refractivity contribution in [1.82, 2.24) is 10.3 Å². The number of anilines is 1. The van der Waals surface area contributed by atoms with Gasteiger partial charge in [0, 0.05) is 43.3 Å². The fourth-order valence-corrected chi connectivity index (χ4v) is 1.84. The van der Waals surface area contributed by atoms with Crippen LogP contribution in [0.5, 0.6) is 0 Å². The molecule has 17 heavy (non-hydrogen) atoms. The summed E-state index contributed by atoms with van der Waals surface area (Å²) in [6.45, 7) is 6.23. The Hall–Kier alpha value is -1.68. The van der Waals surface area contributed by atoms with E-state index in [9.17, 15) is 4.79 Å². The molecule has 2 heterocycles. The molecule has 90 valence electrons. The molecule has 1 N–H and O–H groups in total. The first-order chi connectivity index (χ1) is 8.24. The number of likely N-dealkylation sites (N-methyl/N-ethyl adjacent to an activating group) is 1. The van der Waals surface area contributed by atoms with E-state index < -0.39 is 0 Å². The molecule has 1 aliphatic rings. The Morgan fingerprint density at radius 1 is 1.41 bits per heavy atom. The zero-order valence-electron chi connectivity index (χ0n) is 10.2. The summed E-state index contributed by atoms with van der Waals surface area (Å²) in [4.78, 5) is 18.1. The van der Waals surface area contributed by atoms with Crippen molar-refractivity contribution in [3.63, 3.8) is 0 Å². The molecule has 0 radical (unpaired) electrons. The molecular weight excluding hydrogens is 214 g/mol. The van der Waals surface area contributed by atoms with Crippen molar-refractivity contribution in [3.05, 3.63) is 35.7 Å². The van der Waals surface area contributed by atoms with Gasteiger partial charge in [-0.05, 0) is 31.6 Å². The molecular formula is C13H17N3O. The average Bonchev–Trinajstić information content (AvgIpc) is 2.29. The highest BCUT2D eigenvalue weighted by Crippen LogP contribution is 2.18. The van der Waals surface area contributed by atoms with Gasteiger partial charge in [-0.15, -0.1) is 0 Å². The molecule has 1 fully saturated rings. The fraction of sp³-hybridized carbons (Fsp3) is 0.385. The molecule has 1 amide bonds. The van der Waals surface area contributed by atoms with Gasteiger partial charge in [-0.2, -0.15) is 0 Å². The second-order valence-corrected chi connectivity index (χ2v) is 4.09. The van der Waals surface area contributed by atoms with Crippen LogP contribution in [0.25, 0.3) is 0 Å². The van der Waals surface area contributed by atoms with Crippen LogP contribution >= 0.6 is 0 Å². The maximum absolute atomic E-state index is 12.3. The van der Waals surface area contributed by atoms with E-state index >= 15 is 0 Å². The van der Waals surface area contributed by atoms with Crippen LogP contribution < -0.4 is 10.2 Å². The quantitative estimate of drug-likeness (QED) is 0.799. The van der Waals surface area contributed by atoms with Gasteiger partial charge in [-0.1, -0.05) is 0 Å². The first-order valence-corrected chi connectivity index (χ1v) is 5.85. The van der Waals surface area contributed by atoms with E-state index in [2.05, 4.69) is 10.3 Å². The molecule has 4 nitrogen and oxygen atoms in total. The Bertz CT molecular complexity index is 433. The Balaban J connectivity index is 2.22. The van der Waals surface area contributed by atoms with Crippen LogP contribution in [0, 0.1) is 0 Å². The molecule has 0 aromatic carbocycles. The molecule has 0 unspecified atom stereocenters. The van der Waals surface area contributed by atoms with Gasteiger partial charge in [0.1, 0.15) is 0 Å². The largest absolute Gasteiger partial charge is 0.309 e. The van der Waals surface area contributed by atoms with Crippen LogP contribution in [0.2, 0.25) is 0 Å². The molecule has 0 atom stereocenters. The summed E-state index contributed by atoms with van der Waals surface area (Å²) in [6, 6.07) is 3.72. The van der Waals surface area contributed by atoms with Crippen LogP contribution in [0.1, 0.15) is 13.8 Å². The Labute approximate surface area is 101 Å². The number of carbonyl (C=O) groups excluding carboxylic acids is 1. The number of nitrogens with one attached hydrogen (secondary N) is 1. The number of hydrogen-bond acceptors (Lipinski definition) is 3. The maximum atomic E-state index is 12.3. The highest BCUT2D eigenvalue weighted by molar-refractivity contribution is 6.05. The third-order valence-electron chi connectivity index (χ3n) is 3.06. The summed E-state index contributed by atoms with van der Waals surface area (Å²) in [5.41, 5.74) is 2.98. The van der Waals surface area contributed by atoms with Crippen molar-refractivity contribution in [2.24, 2.45) is 0 Å². The Morgan fingerprint density at radius 2 is 2.06 bits per heavy atom. The molecule has 0 aliphatic carbocycles. The second kappa shape index (κ2) is 5.10. The lowest BCUT2D eigenvalue weighted by Crippen LogP contribution is -2.39. The average molecular weight is 231 g/mol.